The van der Waals surface area contributed by atoms with E-state index in [1.165, 1.54) is 25.3 Å². The third-order valence-corrected chi connectivity index (χ3v) is 4.74. The molecule has 0 unspecified atom stereocenters. The summed E-state index contributed by atoms with van der Waals surface area (Å²) in [5.41, 5.74) is -1.31. The number of benzene rings is 2. The Hall–Kier alpha value is -3.03. The van der Waals surface area contributed by atoms with E-state index >= 15 is 0 Å². The fourth-order valence-electron chi connectivity index (χ4n) is 2.93. The second-order valence-corrected chi connectivity index (χ2v) is 6.64. The van der Waals surface area contributed by atoms with Crippen molar-refractivity contribution in [1.82, 2.24) is 14.8 Å². The summed E-state index contributed by atoms with van der Waals surface area (Å²) in [5, 5.41) is 3.11. The predicted octanol–water partition coefficient (Wildman–Crippen LogP) is 2.84. The Labute approximate surface area is 160 Å². The van der Waals surface area contributed by atoms with Gasteiger partial charge in [0.2, 0.25) is 5.43 Å². The first kappa shape index (κ1) is 17.4. The maximum atomic E-state index is 13.0. The van der Waals surface area contributed by atoms with Gasteiger partial charge in [-0.3, -0.25) is 19.5 Å². The predicted molar refractivity (Wildman–Crippen MR) is 105 cm³/mol. The van der Waals surface area contributed by atoms with Crippen molar-refractivity contribution in [3.05, 3.63) is 77.4 Å². The molecule has 4 rings (SSSR count). The van der Waals surface area contributed by atoms with E-state index in [4.69, 9.17) is 27.9 Å². The molecule has 0 spiro atoms. The van der Waals surface area contributed by atoms with E-state index in [1.54, 1.807) is 18.2 Å². The number of nitrogens with one attached hydrogen (secondary N) is 2. The molecular weight excluding hydrogens is 393 g/mol. The van der Waals surface area contributed by atoms with Gasteiger partial charge in [0.15, 0.2) is 0 Å². The minimum absolute atomic E-state index is 0.115. The summed E-state index contributed by atoms with van der Waals surface area (Å²) in [6.07, 6.45) is 0. The summed E-state index contributed by atoms with van der Waals surface area (Å²) in [7, 11) is 1.46. The summed E-state index contributed by atoms with van der Waals surface area (Å²) < 4.78 is 6.06. The third-order valence-electron chi connectivity index (χ3n) is 4.21. The second-order valence-electron chi connectivity index (χ2n) is 5.79. The normalized spacial score (nSPS) is 11.2. The van der Waals surface area contributed by atoms with Gasteiger partial charge >= 0.3 is 0 Å². The Morgan fingerprint density at radius 2 is 1.81 bits per heavy atom. The number of H-pyrrole nitrogens is 2. The molecule has 2 aromatic carbocycles. The van der Waals surface area contributed by atoms with E-state index in [1.807, 2.05) is 0 Å². The number of methoxy groups -OCH3 is 1. The van der Waals surface area contributed by atoms with Crippen LogP contribution in [0.25, 0.3) is 27.5 Å². The van der Waals surface area contributed by atoms with Crippen LogP contribution < -0.4 is 21.3 Å². The molecule has 27 heavy (non-hydrogen) atoms. The van der Waals surface area contributed by atoms with Crippen LogP contribution in [0.15, 0.2) is 50.8 Å². The van der Waals surface area contributed by atoms with Crippen molar-refractivity contribution in [1.29, 1.82) is 0 Å². The molecule has 0 saturated heterocycles. The van der Waals surface area contributed by atoms with Crippen LogP contribution in [0.3, 0.4) is 0 Å². The van der Waals surface area contributed by atoms with Crippen molar-refractivity contribution in [2.45, 2.75) is 0 Å². The first-order valence-electron chi connectivity index (χ1n) is 7.75. The molecule has 0 bridgehead atoms. The molecule has 2 N–H and O–H groups in total. The van der Waals surface area contributed by atoms with Gasteiger partial charge in [0.25, 0.3) is 11.1 Å². The van der Waals surface area contributed by atoms with Crippen LogP contribution in [0.4, 0.5) is 0 Å². The molecule has 0 radical (unpaired) electrons. The van der Waals surface area contributed by atoms with Crippen LogP contribution >= 0.6 is 23.2 Å². The lowest BCUT2D eigenvalue weighted by atomic mass is 10.1. The highest BCUT2D eigenvalue weighted by Crippen LogP contribution is 2.26. The van der Waals surface area contributed by atoms with Crippen LogP contribution in [0, 0.1) is 0 Å². The molecule has 9 heteroatoms. The van der Waals surface area contributed by atoms with Crippen molar-refractivity contribution in [2.75, 3.05) is 7.11 Å². The van der Waals surface area contributed by atoms with Gasteiger partial charge < -0.3 is 9.72 Å². The first-order valence-corrected chi connectivity index (χ1v) is 8.51. The molecule has 0 amide bonds. The number of ether oxygens (including phenoxy) is 1. The van der Waals surface area contributed by atoms with E-state index < -0.39 is 16.5 Å². The maximum Gasteiger partial charge on any atom is 0.287 e. The fourth-order valence-corrected chi connectivity index (χ4v) is 3.36. The first-order chi connectivity index (χ1) is 12.9. The number of fused-ring (bicyclic) bond motifs is 2. The molecule has 2 heterocycles. The SMILES string of the molecule is COc1ccc(-n2[nH]c(=O)c3[nH]c4cc(Cl)ccc4c(=O)c3c2=O)cc1Cl. The smallest absolute Gasteiger partial charge is 0.287 e. The Kier molecular flexibility index (Phi) is 4.05. The van der Waals surface area contributed by atoms with Gasteiger partial charge in [-0.15, -0.1) is 0 Å². The summed E-state index contributed by atoms with van der Waals surface area (Å²) in [4.78, 5) is 41.2. The van der Waals surface area contributed by atoms with Crippen LogP contribution in [0.2, 0.25) is 10.0 Å². The topological polar surface area (TPSA) is 96.9 Å². The summed E-state index contributed by atoms with van der Waals surface area (Å²) in [6, 6.07) is 9.12. The largest absolute Gasteiger partial charge is 0.495 e. The number of aromatic amines is 2. The van der Waals surface area contributed by atoms with Crippen molar-refractivity contribution >= 4 is 45.0 Å². The van der Waals surface area contributed by atoms with E-state index in [-0.39, 0.29) is 21.3 Å². The molecule has 4 aromatic rings. The van der Waals surface area contributed by atoms with Gasteiger partial charge in [0.05, 0.1) is 23.3 Å². The van der Waals surface area contributed by atoms with Gasteiger partial charge in [-0.05, 0) is 36.4 Å². The van der Waals surface area contributed by atoms with Crippen molar-refractivity contribution in [2.24, 2.45) is 0 Å². The van der Waals surface area contributed by atoms with Gasteiger partial charge in [-0.25, -0.2) is 4.68 Å². The van der Waals surface area contributed by atoms with Gasteiger partial charge in [-0.1, -0.05) is 23.2 Å². The number of rotatable bonds is 2. The van der Waals surface area contributed by atoms with Crippen LogP contribution in [0.5, 0.6) is 5.75 Å². The number of nitrogens with zero attached hydrogens (tertiary/aromatic N) is 1. The molecule has 136 valence electrons. The number of pyridine rings is 1. The Morgan fingerprint density at radius 1 is 1.04 bits per heavy atom. The molecule has 0 saturated carbocycles. The quantitative estimate of drug-likeness (QED) is 0.502. The van der Waals surface area contributed by atoms with Crippen LogP contribution in [-0.2, 0) is 0 Å². The average molecular weight is 404 g/mol. The zero-order valence-electron chi connectivity index (χ0n) is 13.8. The fraction of sp³-hybridized carbons (Fsp3) is 0.0556. The molecule has 0 aliphatic heterocycles. The standard InChI is InChI=1S/C18H11Cl2N3O4/c1-27-13-5-3-9(7-11(13)20)23-18(26)14-15(17(25)22-23)21-12-6-8(19)2-4-10(12)16(14)24/h2-7H,1H3,(H,21,24)(H,22,25). The number of hydrogen-bond acceptors (Lipinski definition) is 4. The molecule has 0 aliphatic carbocycles. The Bertz CT molecular complexity index is 1400. The Balaban J connectivity index is 2.11. The minimum Gasteiger partial charge on any atom is -0.495 e. The number of aromatic nitrogens is 3. The summed E-state index contributed by atoms with van der Waals surface area (Å²) >= 11 is 12.0. The van der Waals surface area contributed by atoms with E-state index in [0.29, 0.717) is 22.0 Å². The van der Waals surface area contributed by atoms with Gasteiger partial charge in [-0.2, -0.15) is 0 Å². The molecule has 7 nitrogen and oxygen atoms in total. The molecule has 0 fully saturated rings. The molecule has 2 aromatic heterocycles. The van der Waals surface area contributed by atoms with Crippen molar-refractivity contribution in [3.63, 3.8) is 0 Å². The molecular formula is C18H11Cl2N3O4. The minimum atomic E-state index is -0.677. The van der Waals surface area contributed by atoms with Gasteiger partial charge in [0, 0.05) is 10.4 Å². The highest BCUT2D eigenvalue weighted by atomic mass is 35.5. The molecule has 0 aliphatic rings. The Morgan fingerprint density at radius 3 is 2.52 bits per heavy atom. The monoisotopic (exact) mass is 403 g/mol. The van der Waals surface area contributed by atoms with Crippen molar-refractivity contribution < 1.29 is 4.74 Å². The van der Waals surface area contributed by atoms with Crippen LogP contribution in [-0.4, -0.2) is 21.9 Å². The maximum absolute atomic E-state index is 13.0. The second kappa shape index (κ2) is 6.29. The summed E-state index contributed by atoms with van der Waals surface area (Å²) in [5.74, 6) is 0.414. The van der Waals surface area contributed by atoms with E-state index in [9.17, 15) is 14.4 Å². The average Bonchev–Trinajstić information content (AvgIpc) is 2.64. The zero-order chi connectivity index (χ0) is 19.3. The lowest BCUT2D eigenvalue weighted by Crippen LogP contribution is -2.32. The van der Waals surface area contributed by atoms with E-state index in [2.05, 4.69) is 10.1 Å². The highest BCUT2D eigenvalue weighted by Gasteiger charge is 2.16. The summed E-state index contributed by atoms with van der Waals surface area (Å²) in [6.45, 7) is 0. The van der Waals surface area contributed by atoms with Gasteiger partial charge in [0.1, 0.15) is 16.7 Å². The number of hydrogen-bond donors (Lipinski definition) is 2. The lowest BCUT2D eigenvalue weighted by Gasteiger charge is -2.10. The third kappa shape index (κ3) is 2.72. The lowest BCUT2D eigenvalue weighted by molar-refractivity contribution is 0.415. The van der Waals surface area contributed by atoms with E-state index in [0.717, 1.165) is 4.68 Å². The number of halogens is 2. The van der Waals surface area contributed by atoms with Crippen LogP contribution in [0.1, 0.15) is 0 Å². The molecule has 0 atom stereocenters. The zero-order valence-corrected chi connectivity index (χ0v) is 15.3. The highest BCUT2D eigenvalue weighted by molar-refractivity contribution is 6.32. The van der Waals surface area contributed by atoms with Crippen molar-refractivity contribution in [3.8, 4) is 11.4 Å².